The molecule has 2 N–H and O–H groups in total. The Morgan fingerprint density at radius 3 is 2.30 bits per heavy atom. The topological polar surface area (TPSA) is 50.6 Å². The van der Waals surface area contributed by atoms with E-state index in [1.165, 1.54) is 10.5 Å². The predicted molar refractivity (Wildman–Crippen MR) is 82.6 cm³/mol. The molecule has 5 heteroatoms. The molecule has 1 aromatic rings. The first-order chi connectivity index (χ1) is 9.36. The van der Waals surface area contributed by atoms with Crippen molar-refractivity contribution >= 4 is 10.0 Å². The number of hydrogen-bond acceptors (Lipinski definition) is 2. The molecule has 1 atom stereocenters. The van der Waals surface area contributed by atoms with Gasteiger partial charge in [0.2, 0.25) is 10.0 Å². The van der Waals surface area contributed by atoms with Crippen molar-refractivity contribution in [2.24, 2.45) is 0 Å². The Morgan fingerprint density at radius 1 is 1.20 bits per heavy atom. The molecule has 0 heterocycles. The van der Waals surface area contributed by atoms with Crippen LogP contribution in [0.4, 0.5) is 0 Å². The third-order valence-electron chi connectivity index (χ3n) is 3.52. The largest absolute Gasteiger partial charge is 0.340 e. The Balaban J connectivity index is 2.63. The average Bonchev–Trinajstić information content (AvgIpc) is 2.43. The second-order valence-electron chi connectivity index (χ2n) is 5.59. The van der Waals surface area contributed by atoms with Crippen LogP contribution in [0.2, 0.25) is 0 Å². The minimum atomic E-state index is -3.37. The van der Waals surface area contributed by atoms with Crippen LogP contribution in [-0.2, 0) is 10.0 Å². The van der Waals surface area contributed by atoms with Crippen LogP contribution in [-0.4, -0.2) is 35.6 Å². The van der Waals surface area contributed by atoms with E-state index in [0.717, 1.165) is 19.4 Å². The Hall–Kier alpha value is -0.910. The summed E-state index contributed by atoms with van der Waals surface area (Å²) in [5.74, 6) is 0.461. The lowest BCUT2D eigenvalue weighted by atomic mass is 9.99. The van der Waals surface area contributed by atoms with Crippen molar-refractivity contribution in [1.82, 2.24) is 4.72 Å². The van der Waals surface area contributed by atoms with Crippen molar-refractivity contribution in [2.45, 2.75) is 37.5 Å². The van der Waals surface area contributed by atoms with Gasteiger partial charge in [0.1, 0.15) is 0 Å². The Labute approximate surface area is 123 Å². The van der Waals surface area contributed by atoms with Gasteiger partial charge in [0, 0.05) is 13.0 Å². The first kappa shape index (κ1) is 17.1. The lowest BCUT2D eigenvalue weighted by Gasteiger charge is -2.11. The molecule has 0 bridgehead atoms. The Morgan fingerprint density at radius 2 is 1.80 bits per heavy atom. The van der Waals surface area contributed by atoms with Crippen molar-refractivity contribution < 1.29 is 13.3 Å². The summed E-state index contributed by atoms with van der Waals surface area (Å²) in [4.78, 5) is 1.67. The molecule has 1 rings (SSSR count). The zero-order chi connectivity index (χ0) is 15.2. The molecule has 0 saturated heterocycles. The van der Waals surface area contributed by atoms with Gasteiger partial charge < -0.3 is 4.90 Å². The van der Waals surface area contributed by atoms with Crippen molar-refractivity contribution in [3.05, 3.63) is 29.8 Å². The first-order valence-electron chi connectivity index (χ1n) is 7.25. The highest BCUT2D eigenvalue weighted by Crippen LogP contribution is 2.20. The fourth-order valence-corrected chi connectivity index (χ4v) is 3.02. The smallest absolute Gasteiger partial charge is 0.240 e. The fraction of sp³-hybridized carbons (Fsp3) is 0.600. The molecule has 0 unspecified atom stereocenters. The molecule has 0 aliphatic rings. The molecule has 0 fully saturated rings. The van der Waals surface area contributed by atoms with E-state index in [1.807, 2.05) is 12.1 Å². The summed E-state index contributed by atoms with van der Waals surface area (Å²) in [6.45, 7) is 5.71. The molecule has 4 nitrogen and oxygen atoms in total. The minimum absolute atomic E-state index is 0.349. The second kappa shape index (κ2) is 7.76. The van der Waals surface area contributed by atoms with E-state index < -0.39 is 10.0 Å². The standard InChI is InChI=1S/C15H26N2O2S/c1-5-13(2)14-7-9-15(10-8-14)20(18,19)16-11-6-12-17(3)4/h7-10,13,16H,5-6,11-12H2,1-4H3/p+1/t13-/m1/s1. The van der Waals surface area contributed by atoms with E-state index in [0.29, 0.717) is 17.4 Å². The van der Waals surface area contributed by atoms with E-state index in [1.54, 1.807) is 12.1 Å². The summed E-state index contributed by atoms with van der Waals surface area (Å²) < 4.78 is 26.9. The summed E-state index contributed by atoms with van der Waals surface area (Å²) in [7, 11) is 0.749. The van der Waals surface area contributed by atoms with Gasteiger partial charge in [0.05, 0.1) is 25.5 Å². The van der Waals surface area contributed by atoms with Gasteiger partial charge in [-0.3, -0.25) is 0 Å². The SMILES string of the molecule is CC[C@@H](C)c1ccc(S(=O)(=O)NCCC[NH+](C)C)cc1. The number of nitrogens with one attached hydrogen (secondary N) is 2. The third-order valence-corrected chi connectivity index (χ3v) is 4.99. The van der Waals surface area contributed by atoms with Crippen LogP contribution in [0, 0.1) is 0 Å². The first-order valence-corrected chi connectivity index (χ1v) is 8.73. The third kappa shape index (κ3) is 5.23. The van der Waals surface area contributed by atoms with E-state index in [9.17, 15) is 8.42 Å². The number of sulfonamides is 1. The van der Waals surface area contributed by atoms with Gasteiger partial charge in [-0.25, -0.2) is 13.1 Å². The lowest BCUT2D eigenvalue weighted by Crippen LogP contribution is -3.05. The van der Waals surface area contributed by atoms with Gasteiger partial charge >= 0.3 is 0 Å². The molecule has 0 radical (unpaired) electrons. The van der Waals surface area contributed by atoms with Crippen molar-refractivity contribution in [3.63, 3.8) is 0 Å². The Bertz CT molecular complexity index is 495. The maximum atomic E-state index is 12.1. The highest BCUT2D eigenvalue weighted by molar-refractivity contribution is 7.89. The molecule has 1 aromatic carbocycles. The lowest BCUT2D eigenvalue weighted by molar-refractivity contribution is -0.858. The molecule has 0 amide bonds. The van der Waals surface area contributed by atoms with Gasteiger partial charge in [0.15, 0.2) is 0 Å². The Kier molecular flexibility index (Phi) is 6.65. The van der Waals surface area contributed by atoms with Crippen LogP contribution in [0.3, 0.4) is 0 Å². The molecule has 20 heavy (non-hydrogen) atoms. The van der Waals surface area contributed by atoms with E-state index >= 15 is 0 Å². The highest BCUT2D eigenvalue weighted by atomic mass is 32.2. The summed E-state index contributed by atoms with van der Waals surface area (Å²) >= 11 is 0. The monoisotopic (exact) mass is 299 g/mol. The second-order valence-corrected chi connectivity index (χ2v) is 7.35. The summed E-state index contributed by atoms with van der Waals surface area (Å²) in [5.41, 5.74) is 1.18. The minimum Gasteiger partial charge on any atom is -0.340 e. The van der Waals surface area contributed by atoms with Crippen LogP contribution in [0.25, 0.3) is 0 Å². The van der Waals surface area contributed by atoms with Gasteiger partial charge in [-0.05, 0) is 30.0 Å². The quantitative estimate of drug-likeness (QED) is 0.704. The van der Waals surface area contributed by atoms with E-state index in [2.05, 4.69) is 32.7 Å². The molecule has 0 aliphatic heterocycles. The van der Waals surface area contributed by atoms with Crippen molar-refractivity contribution in [2.75, 3.05) is 27.2 Å². The predicted octanol–water partition coefficient (Wildman–Crippen LogP) is 1.01. The van der Waals surface area contributed by atoms with Crippen LogP contribution < -0.4 is 9.62 Å². The van der Waals surface area contributed by atoms with Gasteiger partial charge in [0.25, 0.3) is 0 Å². The van der Waals surface area contributed by atoms with Crippen LogP contribution in [0.5, 0.6) is 0 Å². The molecular weight excluding hydrogens is 272 g/mol. The van der Waals surface area contributed by atoms with Crippen molar-refractivity contribution in [1.29, 1.82) is 0 Å². The van der Waals surface area contributed by atoms with Gasteiger partial charge in [-0.2, -0.15) is 0 Å². The number of hydrogen-bond donors (Lipinski definition) is 2. The van der Waals surface area contributed by atoms with Crippen molar-refractivity contribution in [3.8, 4) is 0 Å². The number of benzene rings is 1. The number of rotatable bonds is 8. The molecule has 114 valence electrons. The summed E-state index contributed by atoms with van der Waals surface area (Å²) in [5, 5.41) is 0. The highest BCUT2D eigenvalue weighted by Gasteiger charge is 2.14. The number of quaternary nitrogens is 1. The molecule has 0 saturated carbocycles. The maximum absolute atomic E-state index is 12.1. The zero-order valence-electron chi connectivity index (χ0n) is 12.9. The fourth-order valence-electron chi connectivity index (χ4n) is 1.94. The van der Waals surface area contributed by atoms with E-state index in [4.69, 9.17) is 0 Å². The normalized spacial score (nSPS) is 13.7. The molecule has 0 aliphatic carbocycles. The molecular formula is C15H27N2O2S+. The molecule has 0 aromatic heterocycles. The summed E-state index contributed by atoms with van der Waals surface area (Å²) in [6.07, 6.45) is 1.89. The van der Waals surface area contributed by atoms with Gasteiger partial charge in [-0.15, -0.1) is 0 Å². The average molecular weight is 299 g/mol. The van der Waals surface area contributed by atoms with Crippen LogP contribution >= 0.6 is 0 Å². The van der Waals surface area contributed by atoms with Crippen LogP contribution in [0.1, 0.15) is 38.2 Å². The zero-order valence-corrected chi connectivity index (χ0v) is 13.8. The van der Waals surface area contributed by atoms with Gasteiger partial charge in [-0.1, -0.05) is 26.0 Å². The van der Waals surface area contributed by atoms with E-state index in [-0.39, 0.29) is 0 Å². The van der Waals surface area contributed by atoms with Crippen LogP contribution in [0.15, 0.2) is 29.2 Å². The summed E-state index contributed by atoms with van der Waals surface area (Å²) in [6, 6.07) is 7.21. The molecule has 0 spiro atoms. The maximum Gasteiger partial charge on any atom is 0.240 e.